The molecule has 1 heterocycles. The molecule has 0 aliphatic carbocycles. The number of nitrogens with two attached hydrogens (primary N) is 1. The van der Waals surface area contributed by atoms with Crippen LogP contribution in [0.15, 0.2) is 24.3 Å². The van der Waals surface area contributed by atoms with Gasteiger partial charge in [-0.25, -0.2) is 4.68 Å². The van der Waals surface area contributed by atoms with Crippen molar-refractivity contribution >= 4 is 11.6 Å². The lowest BCUT2D eigenvalue weighted by Crippen LogP contribution is -2.11. The summed E-state index contributed by atoms with van der Waals surface area (Å²) in [5.41, 5.74) is 6.70. The molecule has 0 spiro atoms. The Labute approximate surface area is 98.2 Å². The lowest BCUT2D eigenvalue weighted by molar-refractivity contribution is 0.565. The van der Waals surface area contributed by atoms with E-state index in [1.807, 2.05) is 24.3 Å². The van der Waals surface area contributed by atoms with Crippen molar-refractivity contribution in [1.82, 2.24) is 20.2 Å². The highest BCUT2D eigenvalue weighted by Gasteiger charge is 2.03. The van der Waals surface area contributed by atoms with Crippen LogP contribution in [-0.4, -0.2) is 20.2 Å². The Morgan fingerprint density at radius 3 is 2.69 bits per heavy atom. The van der Waals surface area contributed by atoms with Crippen LogP contribution in [0.3, 0.4) is 0 Å². The predicted molar refractivity (Wildman–Crippen MR) is 60.9 cm³/mol. The zero-order chi connectivity index (χ0) is 11.4. The van der Waals surface area contributed by atoms with Crippen LogP contribution in [0, 0.1) is 0 Å². The standard InChI is InChI=1S/C10H12ClN5/c11-9-3-1-8(2-4-9)5-6-16-10(7-12)13-14-15-16/h1-4H,5-7,12H2. The van der Waals surface area contributed by atoms with E-state index >= 15 is 0 Å². The Balaban J connectivity index is 1.99. The van der Waals surface area contributed by atoms with Gasteiger partial charge in [0.1, 0.15) is 0 Å². The fraction of sp³-hybridized carbons (Fsp3) is 0.300. The number of hydrogen-bond donors (Lipinski definition) is 1. The van der Waals surface area contributed by atoms with E-state index in [2.05, 4.69) is 15.5 Å². The molecule has 5 nitrogen and oxygen atoms in total. The predicted octanol–water partition coefficient (Wildman–Crippen LogP) is 1.03. The Morgan fingerprint density at radius 1 is 1.25 bits per heavy atom. The van der Waals surface area contributed by atoms with Gasteiger partial charge in [-0.2, -0.15) is 0 Å². The van der Waals surface area contributed by atoms with Crippen molar-refractivity contribution in [3.05, 3.63) is 40.7 Å². The lowest BCUT2D eigenvalue weighted by atomic mass is 10.1. The van der Waals surface area contributed by atoms with Crippen molar-refractivity contribution in [2.24, 2.45) is 5.73 Å². The summed E-state index contributed by atoms with van der Waals surface area (Å²) >= 11 is 5.80. The average Bonchev–Trinajstić information content (AvgIpc) is 2.76. The minimum absolute atomic E-state index is 0.355. The molecule has 0 radical (unpaired) electrons. The second kappa shape index (κ2) is 5.05. The van der Waals surface area contributed by atoms with Crippen molar-refractivity contribution in [3.8, 4) is 0 Å². The Bertz CT molecular complexity index is 450. The summed E-state index contributed by atoms with van der Waals surface area (Å²) in [6.45, 7) is 1.08. The van der Waals surface area contributed by atoms with Gasteiger partial charge >= 0.3 is 0 Å². The fourth-order valence-electron chi connectivity index (χ4n) is 1.43. The second-order valence-electron chi connectivity index (χ2n) is 3.40. The average molecular weight is 238 g/mol. The molecular weight excluding hydrogens is 226 g/mol. The van der Waals surface area contributed by atoms with E-state index < -0.39 is 0 Å². The zero-order valence-corrected chi connectivity index (χ0v) is 9.43. The van der Waals surface area contributed by atoms with Gasteiger partial charge in [-0.1, -0.05) is 23.7 Å². The van der Waals surface area contributed by atoms with Crippen LogP contribution in [0.2, 0.25) is 5.02 Å². The quantitative estimate of drug-likeness (QED) is 0.862. The van der Waals surface area contributed by atoms with Crippen LogP contribution in [0.5, 0.6) is 0 Å². The first-order valence-corrected chi connectivity index (χ1v) is 5.37. The number of benzene rings is 1. The van der Waals surface area contributed by atoms with E-state index in [0.717, 1.165) is 18.0 Å². The molecule has 16 heavy (non-hydrogen) atoms. The summed E-state index contributed by atoms with van der Waals surface area (Å²) < 4.78 is 1.72. The normalized spacial score (nSPS) is 10.6. The largest absolute Gasteiger partial charge is 0.324 e. The van der Waals surface area contributed by atoms with Gasteiger partial charge in [0.05, 0.1) is 6.54 Å². The van der Waals surface area contributed by atoms with Crippen molar-refractivity contribution in [1.29, 1.82) is 0 Å². The summed E-state index contributed by atoms with van der Waals surface area (Å²) in [5, 5.41) is 12.0. The van der Waals surface area contributed by atoms with E-state index in [0.29, 0.717) is 12.4 Å². The molecule has 0 saturated heterocycles. The van der Waals surface area contributed by atoms with Crippen LogP contribution in [-0.2, 0) is 19.5 Å². The fourth-order valence-corrected chi connectivity index (χ4v) is 1.56. The van der Waals surface area contributed by atoms with Gasteiger partial charge in [-0.15, -0.1) is 5.10 Å². The first-order valence-electron chi connectivity index (χ1n) is 4.99. The topological polar surface area (TPSA) is 69.6 Å². The molecule has 0 bridgehead atoms. The zero-order valence-electron chi connectivity index (χ0n) is 8.67. The molecule has 0 amide bonds. The molecule has 0 aliphatic rings. The summed E-state index contributed by atoms with van der Waals surface area (Å²) in [6.07, 6.45) is 0.856. The molecule has 2 aromatic rings. The second-order valence-corrected chi connectivity index (χ2v) is 3.84. The number of halogens is 1. The van der Waals surface area contributed by atoms with Gasteiger partial charge in [0.15, 0.2) is 5.82 Å². The SMILES string of the molecule is NCc1nnnn1CCc1ccc(Cl)cc1. The number of nitrogens with zero attached hydrogens (tertiary/aromatic N) is 4. The van der Waals surface area contributed by atoms with Crippen molar-refractivity contribution < 1.29 is 0 Å². The number of aryl methyl sites for hydroxylation is 2. The van der Waals surface area contributed by atoms with Crippen LogP contribution in [0.25, 0.3) is 0 Å². The molecule has 0 saturated carbocycles. The monoisotopic (exact) mass is 237 g/mol. The first kappa shape index (κ1) is 11.0. The Hall–Kier alpha value is -1.46. The molecule has 0 fully saturated rings. The van der Waals surface area contributed by atoms with Gasteiger partial charge in [0, 0.05) is 11.6 Å². The highest BCUT2D eigenvalue weighted by molar-refractivity contribution is 6.30. The molecule has 84 valence electrons. The van der Waals surface area contributed by atoms with E-state index in [4.69, 9.17) is 17.3 Å². The molecule has 0 aliphatic heterocycles. The molecular formula is C10H12ClN5. The highest BCUT2D eigenvalue weighted by atomic mass is 35.5. The van der Waals surface area contributed by atoms with Gasteiger partial charge in [0.25, 0.3) is 0 Å². The van der Waals surface area contributed by atoms with Crippen molar-refractivity contribution in [2.45, 2.75) is 19.5 Å². The number of tetrazole rings is 1. The van der Waals surface area contributed by atoms with Crippen LogP contribution in [0.1, 0.15) is 11.4 Å². The van der Waals surface area contributed by atoms with Crippen molar-refractivity contribution in [2.75, 3.05) is 0 Å². The third-order valence-corrected chi connectivity index (χ3v) is 2.57. The molecule has 1 aromatic carbocycles. The summed E-state index contributed by atoms with van der Waals surface area (Å²) in [6, 6.07) is 7.74. The molecule has 1 aromatic heterocycles. The minimum Gasteiger partial charge on any atom is -0.324 e. The maximum atomic E-state index is 5.80. The van der Waals surface area contributed by atoms with Gasteiger partial charge in [-0.3, -0.25) is 0 Å². The number of hydrogen-bond acceptors (Lipinski definition) is 4. The molecule has 0 unspecified atom stereocenters. The van der Waals surface area contributed by atoms with E-state index in [-0.39, 0.29) is 0 Å². The molecule has 2 N–H and O–H groups in total. The third kappa shape index (κ3) is 2.56. The third-order valence-electron chi connectivity index (χ3n) is 2.31. The van der Waals surface area contributed by atoms with Gasteiger partial charge in [-0.05, 0) is 34.5 Å². The molecule has 0 atom stereocenters. The van der Waals surface area contributed by atoms with E-state index in [1.54, 1.807) is 4.68 Å². The van der Waals surface area contributed by atoms with Crippen LogP contribution >= 0.6 is 11.6 Å². The maximum absolute atomic E-state index is 5.80. The van der Waals surface area contributed by atoms with Gasteiger partial charge in [0.2, 0.25) is 0 Å². The number of aromatic nitrogens is 4. The van der Waals surface area contributed by atoms with E-state index in [9.17, 15) is 0 Å². The summed E-state index contributed by atoms with van der Waals surface area (Å²) in [5.74, 6) is 0.703. The first-order chi connectivity index (χ1) is 7.79. The van der Waals surface area contributed by atoms with Gasteiger partial charge < -0.3 is 5.73 Å². The summed E-state index contributed by atoms with van der Waals surface area (Å²) in [4.78, 5) is 0. The highest BCUT2D eigenvalue weighted by Crippen LogP contribution is 2.10. The van der Waals surface area contributed by atoms with Crippen LogP contribution in [0.4, 0.5) is 0 Å². The molecule has 2 rings (SSSR count). The minimum atomic E-state index is 0.355. The summed E-state index contributed by atoms with van der Waals surface area (Å²) in [7, 11) is 0. The maximum Gasteiger partial charge on any atom is 0.164 e. The Morgan fingerprint density at radius 2 is 2.00 bits per heavy atom. The number of rotatable bonds is 4. The van der Waals surface area contributed by atoms with E-state index in [1.165, 1.54) is 5.56 Å². The van der Waals surface area contributed by atoms with Crippen molar-refractivity contribution in [3.63, 3.8) is 0 Å². The smallest absolute Gasteiger partial charge is 0.164 e. The van der Waals surface area contributed by atoms with Crippen LogP contribution < -0.4 is 5.73 Å². The lowest BCUT2D eigenvalue weighted by Gasteiger charge is -2.03. The molecule has 6 heteroatoms. The Kier molecular flexibility index (Phi) is 3.48.